The van der Waals surface area contributed by atoms with Gasteiger partial charge in [0, 0.05) is 31.0 Å². The summed E-state index contributed by atoms with van der Waals surface area (Å²) >= 11 is 2.07. The molecular formula is C23H32N4O3S. The molecule has 1 amide bonds. The second kappa shape index (κ2) is 9.96. The molecule has 1 atom stereocenters. The molecule has 3 heterocycles. The fourth-order valence-corrected chi connectivity index (χ4v) is 5.74. The lowest BCUT2D eigenvalue weighted by Crippen LogP contribution is -2.43. The number of aryl methyl sites for hydroxylation is 1. The van der Waals surface area contributed by atoms with E-state index in [1.54, 1.807) is 25.9 Å². The molecule has 8 heteroatoms. The van der Waals surface area contributed by atoms with Crippen molar-refractivity contribution in [3.63, 3.8) is 0 Å². The summed E-state index contributed by atoms with van der Waals surface area (Å²) < 4.78 is 12.4. The number of ether oxygens (including phenoxy) is 2. The Bertz CT molecular complexity index is 902. The normalized spacial score (nSPS) is 20.0. The van der Waals surface area contributed by atoms with E-state index in [1.165, 1.54) is 17.9 Å². The van der Waals surface area contributed by atoms with E-state index in [4.69, 9.17) is 9.47 Å². The van der Waals surface area contributed by atoms with Gasteiger partial charge in [-0.05, 0) is 68.3 Å². The van der Waals surface area contributed by atoms with E-state index in [0.717, 1.165) is 49.8 Å². The number of hydrogen-bond acceptors (Lipinski definition) is 6. The summed E-state index contributed by atoms with van der Waals surface area (Å²) in [6.07, 6.45) is 3.63. The fourth-order valence-electron chi connectivity index (χ4n) is 4.49. The number of benzene rings is 1. The smallest absolute Gasteiger partial charge is 0.269 e. The summed E-state index contributed by atoms with van der Waals surface area (Å²) in [5, 5.41) is 7.68. The Morgan fingerprint density at radius 2 is 2.00 bits per heavy atom. The van der Waals surface area contributed by atoms with Crippen LogP contribution in [0.2, 0.25) is 0 Å². The molecule has 4 rings (SSSR count). The van der Waals surface area contributed by atoms with Crippen LogP contribution in [0.15, 0.2) is 24.3 Å². The van der Waals surface area contributed by atoms with Crippen LogP contribution in [-0.2, 0) is 7.05 Å². The largest absolute Gasteiger partial charge is 0.497 e. The predicted octanol–water partition coefficient (Wildman–Crippen LogP) is 3.05. The fraction of sp³-hybridized carbons (Fsp3) is 0.565. The van der Waals surface area contributed by atoms with E-state index in [9.17, 15) is 4.79 Å². The van der Waals surface area contributed by atoms with E-state index >= 15 is 0 Å². The maximum Gasteiger partial charge on any atom is 0.269 e. The molecule has 0 spiro atoms. The Balaban J connectivity index is 1.36. The van der Waals surface area contributed by atoms with Gasteiger partial charge in [-0.15, -0.1) is 0 Å². The van der Waals surface area contributed by atoms with Crippen LogP contribution in [0, 0.1) is 5.92 Å². The highest BCUT2D eigenvalue weighted by molar-refractivity contribution is 7.99. The summed E-state index contributed by atoms with van der Waals surface area (Å²) in [6, 6.07) is 8.14. The number of methoxy groups -OCH3 is 2. The Kier molecular flexibility index (Phi) is 7.07. The lowest BCUT2D eigenvalue weighted by atomic mass is 9.95. The van der Waals surface area contributed by atoms with Gasteiger partial charge >= 0.3 is 0 Å². The number of amides is 1. The number of hydrogen-bond donors (Lipinski definition) is 1. The molecule has 1 aromatic carbocycles. The molecular weight excluding hydrogens is 412 g/mol. The number of carbonyl (C=O) groups excluding carboxylic acids is 1. The molecule has 2 aliphatic rings. The number of thioether (sulfide) groups is 1. The summed E-state index contributed by atoms with van der Waals surface area (Å²) in [4.78, 5) is 15.5. The molecule has 2 aliphatic heterocycles. The lowest BCUT2D eigenvalue weighted by molar-refractivity contribution is 0.0919. The molecule has 0 aliphatic carbocycles. The average Bonchev–Trinajstić information content (AvgIpc) is 3.47. The number of carbonyl (C=O) groups is 1. The first kappa shape index (κ1) is 22.0. The van der Waals surface area contributed by atoms with Crippen molar-refractivity contribution in [1.82, 2.24) is 20.0 Å². The third-order valence-electron chi connectivity index (χ3n) is 6.42. The summed E-state index contributed by atoms with van der Waals surface area (Å²) in [5.41, 5.74) is 2.03. The van der Waals surface area contributed by atoms with E-state index in [0.29, 0.717) is 23.1 Å². The van der Waals surface area contributed by atoms with Gasteiger partial charge in [-0.2, -0.15) is 16.9 Å². The zero-order valence-corrected chi connectivity index (χ0v) is 19.4. The summed E-state index contributed by atoms with van der Waals surface area (Å²) in [5.74, 6) is 4.45. The van der Waals surface area contributed by atoms with Crippen molar-refractivity contribution in [3.05, 3.63) is 30.0 Å². The molecule has 168 valence electrons. The monoisotopic (exact) mass is 444 g/mol. The molecule has 0 bridgehead atoms. The molecule has 0 radical (unpaired) electrons. The highest BCUT2D eigenvalue weighted by Gasteiger charge is 2.27. The molecule has 2 aromatic rings. The Hall–Kier alpha value is -2.19. The molecule has 1 N–H and O–H groups in total. The number of rotatable bonds is 7. The zero-order chi connectivity index (χ0) is 21.8. The van der Waals surface area contributed by atoms with E-state index in [-0.39, 0.29) is 5.91 Å². The third-order valence-corrected chi connectivity index (χ3v) is 7.56. The van der Waals surface area contributed by atoms with Gasteiger partial charge in [0.05, 0.1) is 19.9 Å². The minimum absolute atomic E-state index is 0.0854. The van der Waals surface area contributed by atoms with Gasteiger partial charge in [-0.25, -0.2) is 0 Å². The van der Waals surface area contributed by atoms with Crippen LogP contribution in [0.1, 0.15) is 29.8 Å². The topological polar surface area (TPSA) is 68.6 Å². The van der Waals surface area contributed by atoms with Crippen molar-refractivity contribution >= 4 is 17.7 Å². The second-order valence-electron chi connectivity index (χ2n) is 8.31. The van der Waals surface area contributed by atoms with Crippen molar-refractivity contribution in [1.29, 1.82) is 0 Å². The van der Waals surface area contributed by atoms with Crippen LogP contribution < -0.4 is 14.8 Å². The minimum atomic E-state index is -0.0854. The SMILES string of the molecule is COc1ccc(OC)c(-c2cc(C(=O)NCC3CCN(C4CCSC4)CC3)n(C)n2)c1. The highest BCUT2D eigenvalue weighted by atomic mass is 32.2. The van der Waals surface area contributed by atoms with Gasteiger partial charge in [0.15, 0.2) is 0 Å². The number of piperidine rings is 1. The van der Waals surface area contributed by atoms with Gasteiger partial charge in [0.2, 0.25) is 0 Å². The number of likely N-dealkylation sites (tertiary alicyclic amines) is 1. The van der Waals surface area contributed by atoms with Crippen molar-refractivity contribution in [2.75, 3.05) is 45.4 Å². The van der Waals surface area contributed by atoms with Crippen LogP contribution in [-0.4, -0.2) is 72.0 Å². The average molecular weight is 445 g/mol. The first-order valence-electron chi connectivity index (χ1n) is 11.0. The van der Waals surface area contributed by atoms with Crippen molar-refractivity contribution in [2.24, 2.45) is 13.0 Å². The Morgan fingerprint density at radius 3 is 2.68 bits per heavy atom. The molecule has 31 heavy (non-hydrogen) atoms. The standard InChI is InChI=1S/C23H32N4O3S/c1-26-21(13-20(25-26)19-12-18(29-2)4-5-22(19)30-3)23(28)24-14-16-6-9-27(10-7-16)17-8-11-31-15-17/h4-5,12-13,16-17H,6-11,14-15H2,1-3H3,(H,24,28). The maximum atomic E-state index is 12.9. The molecule has 0 saturated carbocycles. The molecule has 2 fully saturated rings. The molecule has 2 saturated heterocycles. The van der Waals surface area contributed by atoms with Crippen LogP contribution in [0.5, 0.6) is 11.5 Å². The van der Waals surface area contributed by atoms with Gasteiger partial charge < -0.3 is 14.8 Å². The zero-order valence-electron chi connectivity index (χ0n) is 18.6. The predicted molar refractivity (Wildman–Crippen MR) is 124 cm³/mol. The maximum absolute atomic E-state index is 12.9. The second-order valence-corrected chi connectivity index (χ2v) is 9.46. The number of aromatic nitrogens is 2. The van der Waals surface area contributed by atoms with E-state index in [2.05, 4.69) is 27.1 Å². The first-order valence-corrected chi connectivity index (χ1v) is 12.1. The number of nitrogens with one attached hydrogen (secondary N) is 1. The molecule has 1 aromatic heterocycles. The minimum Gasteiger partial charge on any atom is -0.497 e. The molecule has 1 unspecified atom stereocenters. The van der Waals surface area contributed by atoms with Gasteiger partial charge in [-0.1, -0.05) is 0 Å². The van der Waals surface area contributed by atoms with Gasteiger partial charge in [-0.3, -0.25) is 14.4 Å². The van der Waals surface area contributed by atoms with Gasteiger partial charge in [0.25, 0.3) is 5.91 Å². The Morgan fingerprint density at radius 1 is 1.19 bits per heavy atom. The van der Waals surface area contributed by atoms with E-state index in [1.807, 2.05) is 24.3 Å². The third kappa shape index (κ3) is 5.01. The first-order chi connectivity index (χ1) is 15.1. The Labute approximate surface area is 188 Å². The molecule has 7 nitrogen and oxygen atoms in total. The highest BCUT2D eigenvalue weighted by Crippen LogP contribution is 2.33. The summed E-state index contributed by atoms with van der Waals surface area (Å²) in [6.45, 7) is 3.02. The van der Waals surface area contributed by atoms with Gasteiger partial charge in [0.1, 0.15) is 17.2 Å². The summed E-state index contributed by atoms with van der Waals surface area (Å²) in [7, 11) is 5.04. The lowest BCUT2D eigenvalue weighted by Gasteiger charge is -2.35. The van der Waals surface area contributed by atoms with Crippen molar-refractivity contribution < 1.29 is 14.3 Å². The van der Waals surface area contributed by atoms with Crippen LogP contribution in [0.25, 0.3) is 11.3 Å². The van der Waals surface area contributed by atoms with Crippen LogP contribution >= 0.6 is 11.8 Å². The van der Waals surface area contributed by atoms with Crippen LogP contribution in [0.4, 0.5) is 0 Å². The van der Waals surface area contributed by atoms with E-state index < -0.39 is 0 Å². The van der Waals surface area contributed by atoms with Crippen LogP contribution in [0.3, 0.4) is 0 Å². The van der Waals surface area contributed by atoms with Crippen molar-refractivity contribution in [2.45, 2.75) is 25.3 Å². The quantitative estimate of drug-likeness (QED) is 0.708. The van der Waals surface area contributed by atoms with Crippen molar-refractivity contribution in [3.8, 4) is 22.8 Å². The number of nitrogens with zero attached hydrogens (tertiary/aromatic N) is 3.